The Kier molecular flexibility index (Phi) is 6.08. The second-order valence-corrected chi connectivity index (χ2v) is 8.44. The molecule has 3 aliphatic rings. The van der Waals surface area contributed by atoms with Gasteiger partial charge in [-0.2, -0.15) is 0 Å². The normalized spacial score (nSPS) is 24.4. The van der Waals surface area contributed by atoms with Gasteiger partial charge in [-0.1, -0.05) is 30.9 Å². The largest absolute Gasteiger partial charge is 0.328 e. The highest BCUT2D eigenvalue weighted by Crippen LogP contribution is 2.33. The molecule has 2 aliphatic carbocycles. The Hall–Kier alpha value is -2.17. The molecule has 1 N–H and O–H groups in total. The van der Waals surface area contributed by atoms with Crippen molar-refractivity contribution in [2.45, 2.75) is 76.3 Å². The SMILES string of the molecule is O=C1C(c2cc[nH+]cc2)N(CCC2=CCCCC2)C(=O)CN1C1CCCCC1. The van der Waals surface area contributed by atoms with Gasteiger partial charge in [-0.25, -0.2) is 4.98 Å². The second kappa shape index (κ2) is 8.89. The molecule has 28 heavy (non-hydrogen) atoms. The fraction of sp³-hybridized carbons (Fsp3) is 0.609. The molecule has 1 aromatic rings. The summed E-state index contributed by atoms with van der Waals surface area (Å²) < 4.78 is 0. The number of aromatic amines is 1. The molecule has 5 heteroatoms. The molecule has 4 rings (SSSR count). The molecule has 1 unspecified atom stereocenters. The molecule has 2 amide bonds. The van der Waals surface area contributed by atoms with E-state index in [1.165, 1.54) is 24.8 Å². The second-order valence-electron chi connectivity index (χ2n) is 8.44. The van der Waals surface area contributed by atoms with E-state index in [2.05, 4.69) is 11.1 Å². The lowest BCUT2D eigenvalue weighted by Crippen LogP contribution is -2.58. The molecule has 2 heterocycles. The number of pyridine rings is 1. The number of nitrogens with zero attached hydrogens (tertiary/aromatic N) is 2. The van der Waals surface area contributed by atoms with Crippen molar-refractivity contribution in [3.63, 3.8) is 0 Å². The zero-order valence-electron chi connectivity index (χ0n) is 16.7. The van der Waals surface area contributed by atoms with Gasteiger partial charge < -0.3 is 9.80 Å². The molecule has 2 fully saturated rings. The average Bonchev–Trinajstić information content (AvgIpc) is 2.76. The maximum atomic E-state index is 13.5. The standard InChI is InChI=1S/C23H31N3O2/c27-21-17-26(20-9-5-2-6-10-20)23(28)22(19-11-14-24-15-12-19)25(21)16-13-18-7-3-1-4-8-18/h7,11-12,14-15,20,22H,1-6,8-10,13,16-17H2/p+1. The zero-order valence-corrected chi connectivity index (χ0v) is 16.7. The van der Waals surface area contributed by atoms with Crippen LogP contribution in [0, 0.1) is 0 Å². The minimum Gasteiger partial charge on any atom is -0.328 e. The predicted molar refractivity (Wildman–Crippen MR) is 107 cm³/mol. The number of carbonyl (C=O) groups is 2. The van der Waals surface area contributed by atoms with E-state index in [0.717, 1.165) is 50.5 Å². The van der Waals surface area contributed by atoms with Gasteiger partial charge in [0.2, 0.25) is 5.91 Å². The van der Waals surface area contributed by atoms with Crippen LogP contribution in [0.2, 0.25) is 0 Å². The first-order valence-corrected chi connectivity index (χ1v) is 11.0. The van der Waals surface area contributed by atoms with Crippen LogP contribution in [0.5, 0.6) is 0 Å². The molecule has 0 bridgehead atoms. The van der Waals surface area contributed by atoms with Gasteiger partial charge in [0.05, 0.1) is 0 Å². The van der Waals surface area contributed by atoms with Crippen molar-refractivity contribution in [2.24, 2.45) is 0 Å². The molecule has 1 saturated heterocycles. The first kappa shape index (κ1) is 19.2. The first-order chi connectivity index (χ1) is 13.7. The Morgan fingerprint density at radius 1 is 1.00 bits per heavy atom. The van der Waals surface area contributed by atoms with Crippen molar-refractivity contribution in [1.82, 2.24) is 9.80 Å². The van der Waals surface area contributed by atoms with Gasteiger partial charge in [0.1, 0.15) is 12.6 Å². The molecule has 0 spiro atoms. The molecule has 1 atom stereocenters. The Morgan fingerprint density at radius 2 is 1.79 bits per heavy atom. The summed E-state index contributed by atoms with van der Waals surface area (Å²) in [4.78, 5) is 33.5. The number of hydrogen-bond donors (Lipinski definition) is 0. The fourth-order valence-electron chi connectivity index (χ4n) is 5.00. The van der Waals surface area contributed by atoms with E-state index < -0.39 is 6.04 Å². The van der Waals surface area contributed by atoms with Crippen LogP contribution in [0.3, 0.4) is 0 Å². The summed E-state index contributed by atoms with van der Waals surface area (Å²) in [6, 6.07) is 3.62. The van der Waals surface area contributed by atoms with Crippen molar-refractivity contribution in [3.8, 4) is 0 Å². The highest BCUT2D eigenvalue weighted by molar-refractivity contribution is 5.95. The minimum atomic E-state index is -0.484. The highest BCUT2D eigenvalue weighted by atomic mass is 16.2. The third kappa shape index (κ3) is 4.13. The van der Waals surface area contributed by atoms with Crippen LogP contribution in [-0.2, 0) is 9.59 Å². The van der Waals surface area contributed by atoms with Crippen LogP contribution in [0.15, 0.2) is 36.2 Å². The van der Waals surface area contributed by atoms with Gasteiger partial charge in [0.15, 0.2) is 12.4 Å². The predicted octanol–water partition coefficient (Wildman–Crippen LogP) is 3.44. The number of nitrogens with one attached hydrogen (secondary N) is 1. The van der Waals surface area contributed by atoms with Crippen molar-refractivity contribution in [2.75, 3.05) is 13.1 Å². The van der Waals surface area contributed by atoms with E-state index >= 15 is 0 Å². The summed E-state index contributed by atoms with van der Waals surface area (Å²) in [5.41, 5.74) is 2.36. The van der Waals surface area contributed by atoms with Gasteiger partial charge in [-0.15, -0.1) is 0 Å². The number of hydrogen-bond acceptors (Lipinski definition) is 2. The quantitative estimate of drug-likeness (QED) is 0.733. The van der Waals surface area contributed by atoms with Crippen molar-refractivity contribution in [1.29, 1.82) is 0 Å². The molecule has 150 valence electrons. The maximum Gasteiger partial charge on any atom is 0.250 e. The number of allylic oxidation sites excluding steroid dienone is 1. The minimum absolute atomic E-state index is 0.0967. The Balaban J connectivity index is 1.56. The van der Waals surface area contributed by atoms with Crippen LogP contribution < -0.4 is 4.98 Å². The van der Waals surface area contributed by atoms with Crippen molar-refractivity contribution in [3.05, 3.63) is 41.7 Å². The van der Waals surface area contributed by atoms with E-state index in [4.69, 9.17) is 0 Å². The topological polar surface area (TPSA) is 54.8 Å². The van der Waals surface area contributed by atoms with Crippen LogP contribution in [0.1, 0.15) is 75.8 Å². The van der Waals surface area contributed by atoms with Crippen LogP contribution in [0.4, 0.5) is 0 Å². The lowest BCUT2D eigenvalue weighted by Gasteiger charge is -2.44. The van der Waals surface area contributed by atoms with Crippen LogP contribution in [-0.4, -0.2) is 40.7 Å². The van der Waals surface area contributed by atoms with E-state index in [0.29, 0.717) is 6.54 Å². The number of rotatable bonds is 5. The summed E-state index contributed by atoms with van der Waals surface area (Å²) in [6.45, 7) is 0.885. The number of aromatic nitrogens is 1. The number of piperazine rings is 1. The summed E-state index contributed by atoms with van der Waals surface area (Å²) in [5, 5.41) is 0. The van der Waals surface area contributed by atoms with E-state index in [1.54, 1.807) is 0 Å². The Bertz CT molecular complexity index is 725. The third-order valence-corrected chi connectivity index (χ3v) is 6.59. The summed E-state index contributed by atoms with van der Waals surface area (Å²) in [5.74, 6) is 0.203. The molecule has 1 aromatic heterocycles. The Morgan fingerprint density at radius 3 is 2.50 bits per heavy atom. The van der Waals surface area contributed by atoms with E-state index in [-0.39, 0.29) is 24.4 Å². The van der Waals surface area contributed by atoms with Gasteiger partial charge in [0.25, 0.3) is 5.91 Å². The average molecular weight is 383 g/mol. The van der Waals surface area contributed by atoms with Gasteiger partial charge >= 0.3 is 0 Å². The zero-order chi connectivity index (χ0) is 19.3. The molecule has 1 aliphatic heterocycles. The van der Waals surface area contributed by atoms with Gasteiger partial charge in [-0.3, -0.25) is 9.59 Å². The van der Waals surface area contributed by atoms with Gasteiger partial charge in [0, 0.05) is 24.7 Å². The van der Waals surface area contributed by atoms with Crippen LogP contribution in [0.25, 0.3) is 0 Å². The first-order valence-electron chi connectivity index (χ1n) is 11.0. The highest BCUT2D eigenvalue weighted by Gasteiger charge is 2.42. The molecule has 5 nitrogen and oxygen atoms in total. The summed E-state index contributed by atoms with van der Waals surface area (Å²) in [7, 11) is 0. The molecule has 0 aromatic carbocycles. The monoisotopic (exact) mass is 382 g/mol. The van der Waals surface area contributed by atoms with Crippen LogP contribution >= 0.6 is 0 Å². The number of H-pyrrole nitrogens is 1. The van der Waals surface area contributed by atoms with E-state index in [9.17, 15) is 9.59 Å². The number of carbonyl (C=O) groups excluding carboxylic acids is 2. The van der Waals surface area contributed by atoms with E-state index in [1.807, 2.05) is 34.3 Å². The van der Waals surface area contributed by atoms with Gasteiger partial charge in [-0.05, 0) is 50.5 Å². The molecular formula is C23H32N3O2+. The third-order valence-electron chi connectivity index (χ3n) is 6.59. The lowest BCUT2D eigenvalue weighted by molar-refractivity contribution is -0.378. The Labute approximate surface area is 167 Å². The molecule has 1 saturated carbocycles. The lowest BCUT2D eigenvalue weighted by atomic mass is 9.91. The van der Waals surface area contributed by atoms with Crippen molar-refractivity contribution >= 4 is 11.8 Å². The molecule has 0 radical (unpaired) electrons. The summed E-state index contributed by atoms with van der Waals surface area (Å²) in [6.07, 6.45) is 17.3. The maximum absolute atomic E-state index is 13.5. The summed E-state index contributed by atoms with van der Waals surface area (Å²) >= 11 is 0. The smallest absolute Gasteiger partial charge is 0.250 e. The van der Waals surface area contributed by atoms with Crippen molar-refractivity contribution < 1.29 is 14.6 Å². The fourth-order valence-corrected chi connectivity index (χ4v) is 5.00. The molecular weight excluding hydrogens is 350 g/mol. The number of amides is 2.